The number of hydrogen-bond donors (Lipinski definition) is 2. The molecule has 0 saturated heterocycles. The van der Waals surface area contributed by atoms with Gasteiger partial charge in [-0.15, -0.1) is 0 Å². The van der Waals surface area contributed by atoms with Crippen LogP contribution in [0.3, 0.4) is 0 Å². The minimum atomic E-state index is -0.291. The van der Waals surface area contributed by atoms with Gasteiger partial charge in [0.15, 0.2) is 0 Å². The Hall–Kier alpha value is -2.07. The van der Waals surface area contributed by atoms with E-state index in [9.17, 15) is 4.79 Å². The first kappa shape index (κ1) is 18.3. The maximum absolute atomic E-state index is 10.8. The fraction of sp³-hybridized carbons (Fsp3) is 0.450. The van der Waals surface area contributed by atoms with Gasteiger partial charge < -0.3 is 4.74 Å². The molecule has 0 radical (unpaired) electrons. The first-order valence-electron chi connectivity index (χ1n) is 8.84. The zero-order chi connectivity index (χ0) is 17.0. The average Bonchev–Trinajstić information content (AvgIpc) is 2.62. The number of fused-ring (bicyclic) bond motifs is 1. The minimum absolute atomic E-state index is 0.291. The van der Waals surface area contributed by atoms with E-state index in [4.69, 9.17) is 9.94 Å². The lowest BCUT2D eigenvalue weighted by Gasteiger charge is -2.07. The summed E-state index contributed by atoms with van der Waals surface area (Å²) in [7, 11) is 0. The summed E-state index contributed by atoms with van der Waals surface area (Å²) >= 11 is 0. The largest absolute Gasteiger partial charge is 0.494 e. The smallest absolute Gasteiger partial charge is 0.243 e. The number of nitrogens with one attached hydrogen (secondary N) is 1. The highest BCUT2D eigenvalue weighted by Gasteiger charge is 1.99. The van der Waals surface area contributed by atoms with Gasteiger partial charge in [-0.3, -0.25) is 10.0 Å². The molecule has 0 heterocycles. The number of carbonyl (C=O) groups is 1. The third-order valence-corrected chi connectivity index (χ3v) is 4.16. The predicted octanol–water partition coefficient (Wildman–Crippen LogP) is 4.84. The summed E-state index contributed by atoms with van der Waals surface area (Å²) in [4.78, 5) is 10.8. The van der Waals surface area contributed by atoms with Crippen molar-refractivity contribution in [2.45, 2.75) is 51.4 Å². The molecule has 0 fully saturated rings. The van der Waals surface area contributed by atoms with Crippen LogP contribution >= 0.6 is 0 Å². The molecule has 2 rings (SSSR count). The number of hydrogen-bond acceptors (Lipinski definition) is 3. The van der Waals surface area contributed by atoms with E-state index in [1.165, 1.54) is 30.0 Å². The molecule has 0 aliphatic heterocycles. The summed E-state index contributed by atoms with van der Waals surface area (Å²) in [5.41, 5.74) is 1.66. The Morgan fingerprint density at radius 1 is 0.875 bits per heavy atom. The highest BCUT2D eigenvalue weighted by atomic mass is 16.5. The van der Waals surface area contributed by atoms with Crippen molar-refractivity contribution in [2.75, 3.05) is 6.61 Å². The van der Waals surface area contributed by atoms with Crippen LogP contribution in [0.15, 0.2) is 42.5 Å². The topological polar surface area (TPSA) is 58.6 Å². The van der Waals surface area contributed by atoms with Crippen LogP contribution in [0.1, 0.15) is 51.4 Å². The predicted molar refractivity (Wildman–Crippen MR) is 96.3 cm³/mol. The molecule has 0 unspecified atom stereocenters. The van der Waals surface area contributed by atoms with Crippen molar-refractivity contribution in [3.8, 4) is 5.75 Å². The monoisotopic (exact) mass is 329 g/mol. The van der Waals surface area contributed by atoms with E-state index in [-0.39, 0.29) is 5.91 Å². The van der Waals surface area contributed by atoms with Crippen LogP contribution in [0.2, 0.25) is 0 Å². The Balaban J connectivity index is 1.49. The molecule has 0 spiro atoms. The fourth-order valence-electron chi connectivity index (χ4n) is 2.77. The number of hydroxylamine groups is 1. The highest BCUT2D eigenvalue weighted by molar-refractivity contribution is 5.83. The second-order valence-corrected chi connectivity index (χ2v) is 6.12. The molecule has 0 bridgehead atoms. The maximum atomic E-state index is 10.8. The molecule has 4 nitrogen and oxygen atoms in total. The lowest BCUT2D eigenvalue weighted by molar-refractivity contribution is -0.129. The Labute approximate surface area is 143 Å². The van der Waals surface area contributed by atoms with E-state index in [1.54, 1.807) is 5.48 Å². The van der Waals surface area contributed by atoms with E-state index in [2.05, 4.69) is 24.3 Å². The molecular formula is C20H27NO3. The van der Waals surface area contributed by atoms with Crippen LogP contribution in [-0.4, -0.2) is 17.7 Å². The van der Waals surface area contributed by atoms with E-state index in [0.717, 1.165) is 38.0 Å². The molecule has 0 saturated carbocycles. The van der Waals surface area contributed by atoms with Crippen molar-refractivity contribution in [1.82, 2.24) is 5.48 Å². The standard InChI is InChI=1S/C20H27NO3/c22-20(21-23)12-6-4-2-1-3-5-9-15-24-19-14-13-17-10-7-8-11-18(17)16-19/h7-8,10-11,13-14,16,23H,1-6,9,12,15H2,(H,21,22). The van der Waals surface area contributed by atoms with Crippen molar-refractivity contribution >= 4 is 16.7 Å². The van der Waals surface area contributed by atoms with Gasteiger partial charge in [0.05, 0.1) is 6.61 Å². The van der Waals surface area contributed by atoms with Crippen molar-refractivity contribution in [3.63, 3.8) is 0 Å². The van der Waals surface area contributed by atoms with Gasteiger partial charge in [0, 0.05) is 6.42 Å². The van der Waals surface area contributed by atoms with E-state index < -0.39 is 0 Å². The third-order valence-electron chi connectivity index (χ3n) is 4.16. The molecule has 2 aromatic rings. The highest BCUT2D eigenvalue weighted by Crippen LogP contribution is 2.20. The lowest BCUT2D eigenvalue weighted by Crippen LogP contribution is -2.17. The van der Waals surface area contributed by atoms with Crippen LogP contribution in [0, 0.1) is 0 Å². The molecule has 130 valence electrons. The van der Waals surface area contributed by atoms with Crippen LogP contribution in [-0.2, 0) is 4.79 Å². The summed E-state index contributed by atoms with van der Waals surface area (Å²) in [6.07, 6.45) is 8.08. The molecule has 0 atom stereocenters. The first-order chi connectivity index (χ1) is 11.8. The summed E-state index contributed by atoms with van der Waals surface area (Å²) in [6, 6.07) is 14.5. The maximum Gasteiger partial charge on any atom is 0.243 e. The summed E-state index contributed by atoms with van der Waals surface area (Å²) in [5.74, 6) is 0.650. The molecule has 2 aromatic carbocycles. The van der Waals surface area contributed by atoms with Gasteiger partial charge in [-0.2, -0.15) is 0 Å². The number of ether oxygens (including phenoxy) is 1. The summed E-state index contributed by atoms with van der Waals surface area (Å²) < 4.78 is 5.83. The Kier molecular flexibility index (Phi) is 8.11. The number of rotatable bonds is 11. The molecule has 0 aromatic heterocycles. The molecule has 0 aliphatic rings. The van der Waals surface area contributed by atoms with Gasteiger partial charge in [0.2, 0.25) is 5.91 Å². The van der Waals surface area contributed by atoms with E-state index >= 15 is 0 Å². The summed E-state index contributed by atoms with van der Waals surface area (Å²) in [6.45, 7) is 0.759. The van der Waals surface area contributed by atoms with Crippen LogP contribution in [0.25, 0.3) is 10.8 Å². The Morgan fingerprint density at radius 3 is 2.29 bits per heavy atom. The van der Waals surface area contributed by atoms with Gasteiger partial charge in [0.25, 0.3) is 0 Å². The fourth-order valence-corrected chi connectivity index (χ4v) is 2.77. The van der Waals surface area contributed by atoms with Crippen molar-refractivity contribution in [3.05, 3.63) is 42.5 Å². The van der Waals surface area contributed by atoms with Gasteiger partial charge in [-0.25, -0.2) is 5.48 Å². The third kappa shape index (κ3) is 6.59. The van der Waals surface area contributed by atoms with Gasteiger partial charge in [-0.1, -0.05) is 62.4 Å². The van der Waals surface area contributed by atoms with Crippen molar-refractivity contribution < 1.29 is 14.7 Å². The van der Waals surface area contributed by atoms with Crippen LogP contribution in [0.4, 0.5) is 0 Å². The summed E-state index contributed by atoms with van der Waals surface area (Å²) in [5, 5.41) is 10.8. The van der Waals surface area contributed by atoms with E-state index in [0.29, 0.717) is 6.42 Å². The molecule has 24 heavy (non-hydrogen) atoms. The van der Waals surface area contributed by atoms with Gasteiger partial charge in [-0.05, 0) is 35.7 Å². The van der Waals surface area contributed by atoms with Crippen LogP contribution in [0.5, 0.6) is 5.75 Å². The SMILES string of the molecule is O=C(CCCCCCCCCOc1ccc2ccccc2c1)NO. The van der Waals surface area contributed by atoms with Crippen molar-refractivity contribution in [2.24, 2.45) is 0 Å². The van der Waals surface area contributed by atoms with Crippen molar-refractivity contribution in [1.29, 1.82) is 0 Å². The molecular weight excluding hydrogens is 302 g/mol. The van der Waals surface area contributed by atoms with Gasteiger partial charge >= 0.3 is 0 Å². The van der Waals surface area contributed by atoms with E-state index in [1.807, 2.05) is 18.2 Å². The molecule has 0 aliphatic carbocycles. The van der Waals surface area contributed by atoms with Crippen LogP contribution < -0.4 is 10.2 Å². The van der Waals surface area contributed by atoms with Gasteiger partial charge in [0.1, 0.15) is 5.75 Å². The molecule has 2 N–H and O–H groups in total. The molecule has 4 heteroatoms. The normalized spacial score (nSPS) is 10.7. The zero-order valence-corrected chi connectivity index (χ0v) is 14.2. The first-order valence-corrected chi connectivity index (χ1v) is 8.84. The number of carbonyl (C=O) groups excluding carboxylic acids is 1. The lowest BCUT2D eigenvalue weighted by atomic mass is 10.1. The quantitative estimate of drug-likeness (QED) is 0.352. The Morgan fingerprint density at radius 2 is 1.54 bits per heavy atom. The zero-order valence-electron chi connectivity index (χ0n) is 14.2. The number of amides is 1. The second-order valence-electron chi connectivity index (χ2n) is 6.12. The minimum Gasteiger partial charge on any atom is -0.494 e. The molecule has 1 amide bonds. The number of benzene rings is 2. The average molecular weight is 329 g/mol. The second kappa shape index (κ2) is 10.7. The Bertz CT molecular complexity index is 627. The number of unbranched alkanes of at least 4 members (excludes halogenated alkanes) is 6.